The average Bonchev–Trinajstić information content (AvgIpc) is 2.41. The molecule has 0 atom stereocenters. The summed E-state index contributed by atoms with van der Waals surface area (Å²) in [4.78, 5) is 12.3. The van der Waals surface area contributed by atoms with Crippen LogP contribution in [0.4, 0.5) is 0 Å². The lowest BCUT2D eigenvalue weighted by Crippen LogP contribution is -2.02. The molecule has 0 radical (unpaired) electrons. The van der Waals surface area contributed by atoms with E-state index < -0.39 is 0 Å². The van der Waals surface area contributed by atoms with Crippen LogP contribution in [0.2, 0.25) is 5.02 Å². The summed E-state index contributed by atoms with van der Waals surface area (Å²) in [6, 6.07) is 12.2. The van der Waals surface area contributed by atoms with Crippen LogP contribution in [-0.2, 0) is 0 Å². The molecule has 0 aliphatic carbocycles. The number of halogens is 2. The van der Waals surface area contributed by atoms with Gasteiger partial charge in [0.25, 0.3) is 0 Å². The van der Waals surface area contributed by atoms with E-state index in [2.05, 4.69) is 15.9 Å². The first-order valence-corrected chi connectivity index (χ1v) is 6.42. The third kappa shape index (κ3) is 2.74. The Hall–Kier alpha value is -1.32. The molecule has 18 heavy (non-hydrogen) atoms. The van der Waals surface area contributed by atoms with Crippen molar-refractivity contribution in [3.63, 3.8) is 0 Å². The zero-order valence-corrected chi connectivity index (χ0v) is 12.0. The number of ketones is 1. The molecule has 0 saturated heterocycles. The van der Waals surface area contributed by atoms with Crippen molar-refractivity contribution < 1.29 is 9.53 Å². The van der Waals surface area contributed by atoms with Gasteiger partial charge in [-0.25, -0.2) is 0 Å². The van der Waals surface area contributed by atoms with Gasteiger partial charge in [0.15, 0.2) is 5.78 Å². The quantitative estimate of drug-likeness (QED) is 0.785. The molecule has 2 aromatic rings. The summed E-state index contributed by atoms with van der Waals surface area (Å²) >= 11 is 9.26. The van der Waals surface area contributed by atoms with Gasteiger partial charge in [-0.2, -0.15) is 0 Å². The van der Waals surface area contributed by atoms with Gasteiger partial charge < -0.3 is 4.74 Å². The second kappa shape index (κ2) is 5.55. The summed E-state index contributed by atoms with van der Waals surface area (Å²) < 4.78 is 5.83. The third-order valence-corrected chi connectivity index (χ3v) is 3.43. The van der Waals surface area contributed by atoms with Gasteiger partial charge in [-0.05, 0) is 30.3 Å². The Balaban J connectivity index is 2.44. The standard InChI is InChI=1S/C14H10BrClO2/c1-18-11-4-2-3-9(7-11)14(17)12-8-10(16)5-6-13(12)15/h2-8H,1H3. The maximum Gasteiger partial charge on any atom is 0.194 e. The maximum absolute atomic E-state index is 12.3. The van der Waals surface area contributed by atoms with E-state index in [-0.39, 0.29) is 5.78 Å². The van der Waals surface area contributed by atoms with Crippen molar-refractivity contribution in [2.24, 2.45) is 0 Å². The van der Waals surface area contributed by atoms with Crippen molar-refractivity contribution >= 4 is 33.3 Å². The molecule has 0 heterocycles. The summed E-state index contributed by atoms with van der Waals surface area (Å²) in [5, 5.41) is 0.532. The van der Waals surface area contributed by atoms with Gasteiger partial charge in [0.2, 0.25) is 0 Å². The molecule has 0 bridgehead atoms. The van der Waals surface area contributed by atoms with Crippen molar-refractivity contribution in [2.45, 2.75) is 0 Å². The number of rotatable bonds is 3. The Bertz CT molecular complexity index is 596. The van der Waals surface area contributed by atoms with Crippen LogP contribution in [-0.4, -0.2) is 12.9 Å². The van der Waals surface area contributed by atoms with Gasteiger partial charge >= 0.3 is 0 Å². The van der Waals surface area contributed by atoms with Crippen molar-refractivity contribution in [1.82, 2.24) is 0 Å². The largest absolute Gasteiger partial charge is 0.497 e. The first kappa shape index (κ1) is 13.1. The minimum Gasteiger partial charge on any atom is -0.497 e. The molecule has 2 rings (SSSR count). The fourth-order valence-electron chi connectivity index (χ4n) is 1.59. The van der Waals surface area contributed by atoms with E-state index in [1.165, 1.54) is 0 Å². The van der Waals surface area contributed by atoms with Crippen LogP contribution >= 0.6 is 27.5 Å². The van der Waals surface area contributed by atoms with E-state index in [9.17, 15) is 4.79 Å². The monoisotopic (exact) mass is 324 g/mol. The maximum atomic E-state index is 12.3. The number of benzene rings is 2. The molecular formula is C14H10BrClO2. The summed E-state index contributed by atoms with van der Waals surface area (Å²) in [6.45, 7) is 0. The lowest BCUT2D eigenvalue weighted by Gasteiger charge is -2.06. The number of hydrogen-bond acceptors (Lipinski definition) is 2. The van der Waals surface area contributed by atoms with Gasteiger partial charge in [-0.15, -0.1) is 0 Å². The predicted octanol–water partition coefficient (Wildman–Crippen LogP) is 4.34. The molecule has 0 saturated carbocycles. The van der Waals surface area contributed by atoms with Gasteiger partial charge in [0, 0.05) is 20.6 Å². The third-order valence-electron chi connectivity index (χ3n) is 2.50. The van der Waals surface area contributed by atoms with E-state index in [0.29, 0.717) is 21.9 Å². The second-order valence-corrected chi connectivity index (χ2v) is 4.98. The van der Waals surface area contributed by atoms with Crippen molar-refractivity contribution in [2.75, 3.05) is 7.11 Å². The summed E-state index contributed by atoms with van der Waals surface area (Å²) in [5.41, 5.74) is 1.10. The summed E-state index contributed by atoms with van der Waals surface area (Å²) in [5.74, 6) is 0.558. The van der Waals surface area contributed by atoms with Gasteiger partial charge in [0.1, 0.15) is 5.75 Å². The highest BCUT2D eigenvalue weighted by Gasteiger charge is 2.13. The number of methoxy groups -OCH3 is 1. The Morgan fingerprint density at radius 1 is 1.22 bits per heavy atom. The molecule has 0 fully saturated rings. The lowest BCUT2D eigenvalue weighted by molar-refractivity contribution is 0.103. The number of carbonyl (C=O) groups is 1. The van der Waals surface area contributed by atoms with E-state index in [1.54, 1.807) is 49.6 Å². The van der Waals surface area contributed by atoms with Crippen molar-refractivity contribution in [3.05, 3.63) is 63.1 Å². The molecule has 92 valence electrons. The fraction of sp³-hybridized carbons (Fsp3) is 0.0714. The molecule has 0 aliphatic rings. The molecule has 0 aliphatic heterocycles. The smallest absolute Gasteiger partial charge is 0.194 e. The highest BCUT2D eigenvalue weighted by atomic mass is 79.9. The SMILES string of the molecule is COc1cccc(C(=O)c2cc(Cl)ccc2Br)c1. The normalized spacial score (nSPS) is 10.2. The van der Waals surface area contributed by atoms with Gasteiger partial charge in [-0.1, -0.05) is 39.7 Å². The van der Waals surface area contributed by atoms with E-state index in [4.69, 9.17) is 16.3 Å². The Labute approximate surface area is 119 Å². The van der Waals surface area contributed by atoms with Crippen molar-refractivity contribution in [3.8, 4) is 5.75 Å². The topological polar surface area (TPSA) is 26.3 Å². The highest BCUT2D eigenvalue weighted by molar-refractivity contribution is 9.10. The zero-order chi connectivity index (χ0) is 13.1. The molecule has 2 aromatic carbocycles. The van der Waals surface area contributed by atoms with Crippen LogP contribution < -0.4 is 4.74 Å². The lowest BCUT2D eigenvalue weighted by atomic mass is 10.0. The number of hydrogen-bond donors (Lipinski definition) is 0. The van der Waals surface area contributed by atoms with Crippen LogP contribution in [0.3, 0.4) is 0 Å². The van der Waals surface area contributed by atoms with E-state index in [0.717, 1.165) is 4.47 Å². The summed E-state index contributed by atoms with van der Waals surface area (Å²) in [6.07, 6.45) is 0. The van der Waals surface area contributed by atoms with Crippen LogP contribution in [0.25, 0.3) is 0 Å². The second-order valence-electron chi connectivity index (χ2n) is 3.69. The van der Waals surface area contributed by atoms with Crippen molar-refractivity contribution in [1.29, 1.82) is 0 Å². The molecule has 0 unspecified atom stereocenters. The van der Waals surface area contributed by atoms with Crippen LogP contribution in [0.15, 0.2) is 46.9 Å². The van der Waals surface area contributed by atoms with Crippen LogP contribution in [0.5, 0.6) is 5.75 Å². The number of ether oxygens (including phenoxy) is 1. The fourth-order valence-corrected chi connectivity index (χ4v) is 2.19. The van der Waals surface area contributed by atoms with E-state index in [1.807, 2.05) is 0 Å². The highest BCUT2D eigenvalue weighted by Crippen LogP contribution is 2.25. The minimum absolute atomic E-state index is 0.0942. The summed E-state index contributed by atoms with van der Waals surface area (Å²) in [7, 11) is 1.57. The Kier molecular flexibility index (Phi) is 4.04. The van der Waals surface area contributed by atoms with Gasteiger partial charge in [-0.3, -0.25) is 4.79 Å². The predicted molar refractivity (Wildman–Crippen MR) is 75.6 cm³/mol. The molecule has 0 spiro atoms. The minimum atomic E-state index is -0.0942. The first-order valence-electron chi connectivity index (χ1n) is 5.25. The molecule has 4 heteroatoms. The van der Waals surface area contributed by atoms with E-state index >= 15 is 0 Å². The van der Waals surface area contributed by atoms with Crippen LogP contribution in [0.1, 0.15) is 15.9 Å². The molecular weight excluding hydrogens is 316 g/mol. The molecule has 0 aromatic heterocycles. The Morgan fingerprint density at radius 2 is 2.00 bits per heavy atom. The molecule has 0 N–H and O–H groups in total. The van der Waals surface area contributed by atoms with Crippen LogP contribution in [0, 0.1) is 0 Å². The number of carbonyl (C=O) groups excluding carboxylic acids is 1. The van der Waals surface area contributed by atoms with Gasteiger partial charge in [0.05, 0.1) is 7.11 Å². The average molecular weight is 326 g/mol. The molecule has 0 amide bonds. The molecule has 2 nitrogen and oxygen atoms in total. The zero-order valence-electron chi connectivity index (χ0n) is 9.61. The Morgan fingerprint density at radius 3 is 2.72 bits per heavy atom. The first-order chi connectivity index (χ1) is 8.61.